The molecule has 2 aromatic heterocycles. The van der Waals surface area contributed by atoms with E-state index in [-0.39, 0.29) is 11.5 Å². The molecule has 2 heterocycles. The first kappa shape index (κ1) is 21.1. The summed E-state index contributed by atoms with van der Waals surface area (Å²) in [6.45, 7) is 3.40. The Morgan fingerprint density at radius 2 is 1.90 bits per heavy atom. The van der Waals surface area contributed by atoms with Crippen LogP contribution in [0.3, 0.4) is 0 Å². The van der Waals surface area contributed by atoms with Crippen molar-refractivity contribution in [3.63, 3.8) is 0 Å². The molecular weight excluding hydrogens is 434 g/mol. The van der Waals surface area contributed by atoms with Crippen LogP contribution in [0.5, 0.6) is 5.75 Å². The van der Waals surface area contributed by atoms with Gasteiger partial charge in [-0.15, -0.1) is 11.3 Å². The Hall–Kier alpha value is -3.16. The van der Waals surface area contributed by atoms with Crippen molar-refractivity contribution in [2.45, 2.75) is 19.9 Å². The number of fused-ring (bicyclic) bond motifs is 1. The van der Waals surface area contributed by atoms with Crippen LogP contribution in [0.4, 0.5) is 5.69 Å². The van der Waals surface area contributed by atoms with Gasteiger partial charge in [0, 0.05) is 10.9 Å². The number of carbonyl (C=O) groups excluding carboxylic acids is 1. The molecule has 0 aliphatic rings. The zero-order valence-corrected chi connectivity index (χ0v) is 18.8. The van der Waals surface area contributed by atoms with Crippen molar-refractivity contribution in [1.82, 2.24) is 9.55 Å². The Balaban J connectivity index is 1.76. The Morgan fingerprint density at radius 3 is 2.58 bits per heavy atom. The summed E-state index contributed by atoms with van der Waals surface area (Å²) in [5.41, 5.74) is 1.91. The molecule has 6 nitrogen and oxygen atoms in total. The number of aryl methyl sites for hydroxylation is 1. The molecule has 1 amide bonds. The normalized spacial score (nSPS) is 12.0. The topological polar surface area (TPSA) is 73.2 Å². The van der Waals surface area contributed by atoms with Crippen molar-refractivity contribution in [2.24, 2.45) is 0 Å². The summed E-state index contributed by atoms with van der Waals surface area (Å²) in [6, 6.07) is 13.7. The summed E-state index contributed by atoms with van der Waals surface area (Å²) in [6.07, 6.45) is 0. The van der Waals surface area contributed by atoms with Gasteiger partial charge >= 0.3 is 0 Å². The van der Waals surface area contributed by atoms with Gasteiger partial charge in [0.2, 0.25) is 5.91 Å². The number of hydrogen-bond acceptors (Lipinski definition) is 5. The summed E-state index contributed by atoms with van der Waals surface area (Å²) in [7, 11) is 1.61. The first-order valence-electron chi connectivity index (χ1n) is 9.61. The molecule has 0 radical (unpaired) electrons. The van der Waals surface area contributed by atoms with E-state index in [9.17, 15) is 9.59 Å². The predicted molar refractivity (Wildman–Crippen MR) is 125 cm³/mol. The largest absolute Gasteiger partial charge is 0.497 e. The molecule has 2 aromatic carbocycles. The van der Waals surface area contributed by atoms with Gasteiger partial charge in [-0.3, -0.25) is 14.2 Å². The molecule has 0 spiro atoms. The number of thiophene rings is 1. The first-order chi connectivity index (χ1) is 14.9. The molecule has 0 aliphatic carbocycles. The lowest BCUT2D eigenvalue weighted by molar-refractivity contribution is -0.118. The standard InChI is InChI=1S/C23H20ClN3O3S/c1-13(21(28)26-19-7-5-4-6-18(19)24)27-14(2)25-22-20(23(27)29)17(12-31-22)15-8-10-16(30-3)11-9-15/h4-13H,1-3H3,(H,26,28). The zero-order chi connectivity index (χ0) is 22.1. The SMILES string of the molecule is COc1ccc(-c2csc3nc(C)n(C(C)C(=O)Nc4ccccc4Cl)c(=O)c23)cc1. The molecule has 0 saturated heterocycles. The third-order valence-corrected chi connectivity index (χ3v) is 6.32. The number of anilines is 1. The van der Waals surface area contributed by atoms with Crippen LogP contribution in [-0.2, 0) is 4.79 Å². The van der Waals surface area contributed by atoms with Gasteiger partial charge in [0.25, 0.3) is 5.56 Å². The molecule has 0 fully saturated rings. The molecule has 1 unspecified atom stereocenters. The average molecular weight is 454 g/mol. The minimum Gasteiger partial charge on any atom is -0.497 e. The van der Waals surface area contributed by atoms with Gasteiger partial charge in [-0.25, -0.2) is 4.98 Å². The van der Waals surface area contributed by atoms with Crippen LogP contribution in [0.1, 0.15) is 18.8 Å². The highest BCUT2D eigenvalue weighted by molar-refractivity contribution is 7.17. The molecular formula is C23H20ClN3O3S. The van der Waals surface area contributed by atoms with E-state index < -0.39 is 6.04 Å². The van der Waals surface area contributed by atoms with Crippen molar-refractivity contribution < 1.29 is 9.53 Å². The third kappa shape index (κ3) is 3.94. The molecule has 4 aromatic rings. The fourth-order valence-corrected chi connectivity index (χ4v) is 4.63. The second-order valence-corrected chi connectivity index (χ2v) is 8.30. The number of hydrogen-bond donors (Lipinski definition) is 1. The molecule has 0 aliphatic heterocycles. The summed E-state index contributed by atoms with van der Waals surface area (Å²) in [5.74, 6) is 0.864. The number of nitrogens with one attached hydrogen (secondary N) is 1. The fraction of sp³-hybridized carbons (Fsp3) is 0.174. The van der Waals surface area contributed by atoms with Crippen molar-refractivity contribution in [1.29, 1.82) is 0 Å². The van der Waals surface area contributed by atoms with Crippen LogP contribution < -0.4 is 15.6 Å². The summed E-state index contributed by atoms with van der Waals surface area (Å²) in [5, 5.41) is 5.64. The number of ether oxygens (including phenoxy) is 1. The minimum atomic E-state index is -0.774. The van der Waals surface area contributed by atoms with Gasteiger partial charge in [0.05, 0.1) is 23.2 Å². The van der Waals surface area contributed by atoms with E-state index >= 15 is 0 Å². The lowest BCUT2D eigenvalue weighted by atomic mass is 10.1. The lowest BCUT2D eigenvalue weighted by Crippen LogP contribution is -2.33. The summed E-state index contributed by atoms with van der Waals surface area (Å²) < 4.78 is 6.64. The predicted octanol–water partition coefficient (Wildman–Crippen LogP) is 5.30. The summed E-state index contributed by atoms with van der Waals surface area (Å²) >= 11 is 7.56. The number of para-hydroxylation sites is 1. The lowest BCUT2D eigenvalue weighted by Gasteiger charge is -2.18. The maximum absolute atomic E-state index is 13.5. The van der Waals surface area contributed by atoms with Gasteiger partial charge in [-0.05, 0) is 43.7 Å². The Labute approximate surface area is 188 Å². The highest BCUT2D eigenvalue weighted by Gasteiger charge is 2.23. The van der Waals surface area contributed by atoms with E-state index in [0.717, 1.165) is 16.9 Å². The zero-order valence-electron chi connectivity index (χ0n) is 17.2. The number of halogens is 1. The average Bonchev–Trinajstić information content (AvgIpc) is 3.19. The smallest absolute Gasteiger partial charge is 0.263 e. The number of carbonyl (C=O) groups is 1. The Bertz CT molecular complexity index is 1330. The molecule has 0 saturated carbocycles. The van der Waals surface area contributed by atoms with E-state index in [1.807, 2.05) is 29.6 Å². The second-order valence-electron chi connectivity index (χ2n) is 7.04. The molecule has 8 heteroatoms. The molecule has 31 heavy (non-hydrogen) atoms. The van der Waals surface area contributed by atoms with Gasteiger partial charge in [-0.1, -0.05) is 35.9 Å². The monoisotopic (exact) mass is 453 g/mol. The van der Waals surface area contributed by atoms with Crippen molar-refractivity contribution in [2.75, 3.05) is 12.4 Å². The van der Waals surface area contributed by atoms with E-state index in [1.54, 1.807) is 45.2 Å². The number of aromatic nitrogens is 2. The van der Waals surface area contributed by atoms with Crippen LogP contribution in [-0.4, -0.2) is 22.6 Å². The Morgan fingerprint density at radius 1 is 1.19 bits per heavy atom. The van der Waals surface area contributed by atoms with Crippen molar-refractivity contribution >= 4 is 44.7 Å². The van der Waals surface area contributed by atoms with Gasteiger partial charge < -0.3 is 10.1 Å². The molecule has 0 bridgehead atoms. The third-order valence-electron chi connectivity index (χ3n) is 5.12. The van der Waals surface area contributed by atoms with Crippen LogP contribution in [0.2, 0.25) is 5.02 Å². The van der Waals surface area contributed by atoms with E-state index in [4.69, 9.17) is 16.3 Å². The van der Waals surface area contributed by atoms with Crippen LogP contribution in [0.15, 0.2) is 58.7 Å². The van der Waals surface area contributed by atoms with E-state index in [0.29, 0.717) is 26.8 Å². The maximum atomic E-state index is 13.5. The number of benzene rings is 2. The molecule has 4 rings (SSSR count). The van der Waals surface area contributed by atoms with E-state index in [2.05, 4.69) is 10.3 Å². The number of rotatable bonds is 5. The van der Waals surface area contributed by atoms with Crippen LogP contribution in [0.25, 0.3) is 21.3 Å². The highest BCUT2D eigenvalue weighted by atomic mass is 35.5. The quantitative estimate of drug-likeness (QED) is 0.445. The first-order valence-corrected chi connectivity index (χ1v) is 10.9. The fourth-order valence-electron chi connectivity index (χ4n) is 3.46. The number of methoxy groups -OCH3 is 1. The van der Waals surface area contributed by atoms with Crippen LogP contribution >= 0.6 is 22.9 Å². The molecule has 1 N–H and O–H groups in total. The maximum Gasteiger partial charge on any atom is 0.263 e. The van der Waals surface area contributed by atoms with Gasteiger partial charge in [0.1, 0.15) is 22.4 Å². The number of amides is 1. The summed E-state index contributed by atoms with van der Waals surface area (Å²) in [4.78, 5) is 31.6. The van der Waals surface area contributed by atoms with Gasteiger partial charge in [0.15, 0.2) is 0 Å². The minimum absolute atomic E-state index is 0.253. The number of nitrogens with zero attached hydrogens (tertiary/aromatic N) is 2. The molecule has 158 valence electrons. The highest BCUT2D eigenvalue weighted by Crippen LogP contribution is 2.32. The Kier molecular flexibility index (Phi) is 5.80. The van der Waals surface area contributed by atoms with E-state index in [1.165, 1.54) is 15.9 Å². The van der Waals surface area contributed by atoms with Crippen LogP contribution in [0, 0.1) is 6.92 Å². The van der Waals surface area contributed by atoms with Crippen molar-refractivity contribution in [3.8, 4) is 16.9 Å². The van der Waals surface area contributed by atoms with Crippen molar-refractivity contribution in [3.05, 3.63) is 75.1 Å². The second kappa shape index (κ2) is 8.53. The van der Waals surface area contributed by atoms with Gasteiger partial charge in [-0.2, -0.15) is 0 Å². The molecule has 1 atom stereocenters.